The normalized spacial score (nSPS) is 13.8. The average molecular weight is 551 g/mol. The van der Waals surface area contributed by atoms with Gasteiger partial charge in [-0.15, -0.1) is 0 Å². The number of pyridine rings is 1. The van der Waals surface area contributed by atoms with E-state index in [0.29, 0.717) is 24.2 Å². The minimum absolute atomic E-state index is 0.0807. The molecule has 2 heterocycles. The van der Waals surface area contributed by atoms with Crippen molar-refractivity contribution in [3.05, 3.63) is 83.6 Å². The van der Waals surface area contributed by atoms with Crippen molar-refractivity contribution >= 4 is 30.2 Å². The van der Waals surface area contributed by atoms with Gasteiger partial charge in [0.25, 0.3) is 0 Å². The number of aldehydes is 1. The molecule has 0 unspecified atom stereocenters. The van der Waals surface area contributed by atoms with Gasteiger partial charge in [0.05, 0.1) is 29.6 Å². The van der Waals surface area contributed by atoms with Gasteiger partial charge < -0.3 is 19.9 Å². The van der Waals surface area contributed by atoms with Crippen LogP contribution in [0.15, 0.2) is 71.8 Å². The number of hydrogen-bond donors (Lipinski definition) is 1. The molecule has 0 bridgehead atoms. The molecule has 0 radical (unpaired) electrons. The maximum Gasteiger partial charge on any atom is 0.417 e. The Morgan fingerprint density at radius 2 is 1.79 bits per heavy atom. The predicted octanol–water partition coefficient (Wildman–Crippen LogP) is 5.93. The van der Waals surface area contributed by atoms with E-state index in [4.69, 9.17) is 4.74 Å². The number of anilines is 1. The average Bonchev–Trinajstić information content (AvgIpc) is 2.93. The van der Waals surface area contributed by atoms with E-state index in [2.05, 4.69) is 22.2 Å². The van der Waals surface area contributed by atoms with Crippen LogP contribution >= 0.6 is 12.1 Å². The fourth-order valence-corrected chi connectivity index (χ4v) is 3.70. The van der Waals surface area contributed by atoms with Crippen LogP contribution < -0.4 is 10.1 Å². The Balaban J connectivity index is 0.000000244. The summed E-state index contributed by atoms with van der Waals surface area (Å²) in [5.74, 6) is 0.538. The number of nitrogens with one attached hydrogen (secondary N) is 1. The second kappa shape index (κ2) is 13.8. The van der Waals surface area contributed by atoms with E-state index in [0.717, 1.165) is 43.9 Å². The summed E-state index contributed by atoms with van der Waals surface area (Å²) in [6.45, 7) is 3.76. The summed E-state index contributed by atoms with van der Waals surface area (Å²) in [6.07, 6.45) is -2.92. The molecule has 1 saturated heterocycles. The molecule has 38 heavy (non-hydrogen) atoms. The number of aromatic nitrogens is 1. The lowest BCUT2D eigenvalue weighted by atomic mass is 10.1. The number of amides is 2. The monoisotopic (exact) mass is 550 g/mol. The Kier molecular flexibility index (Phi) is 10.5. The quantitative estimate of drug-likeness (QED) is 0.303. The van der Waals surface area contributed by atoms with E-state index in [1.165, 1.54) is 0 Å². The van der Waals surface area contributed by atoms with Crippen LogP contribution in [0, 0.1) is 0 Å². The Labute approximate surface area is 222 Å². The minimum Gasteiger partial charge on any atom is -0.473 e. The molecule has 1 aliphatic rings. The van der Waals surface area contributed by atoms with Crippen LogP contribution in [-0.2, 0) is 12.8 Å². The van der Waals surface area contributed by atoms with Gasteiger partial charge >= 0.3 is 12.2 Å². The Morgan fingerprint density at radius 1 is 1.08 bits per heavy atom. The van der Waals surface area contributed by atoms with Crippen LogP contribution in [0.25, 0.3) is 0 Å². The molecule has 0 spiro atoms. The van der Waals surface area contributed by atoms with Gasteiger partial charge in [-0.2, -0.15) is 17.1 Å². The number of carbonyl (C=O) groups is 2. The molecule has 2 amide bonds. The molecule has 2 aromatic carbocycles. The zero-order valence-corrected chi connectivity index (χ0v) is 21.3. The molecule has 0 atom stereocenters. The van der Waals surface area contributed by atoms with Crippen LogP contribution in [0.1, 0.15) is 21.5 Å². The predicted molar refractivity (Wildman–Crippen MR) is 137 cm³/mol. The third-order valence-corrected chi connectivity index (χ3v) is 5.99. The summed E-state index contributed by atoms with van der Waals surface area (Å²) in [6, 6.07) is 16.1. The Hall–Kier alpha value is -3.64. The fraction of sp³-hybridized carbons (Fsp3) is 0.269. The molecule has 12 heteroatoms. The summed E-state index contributed by atoms with van der Waals surface area (Å²) in [7, 11) is 2.06. The summed E-state index contributed by atoms with van der Waals surface area (Å²) in [5.41, 5.74) is 0.156. The molecule has 1 N–H and O–H groups in total. The standard InChI is InChI=1S/C18H22N4O2.C8H4F4OS/c1-21-9-11-22(12-10-21)18(23)20-16-7-8-17(19-13-16)24-14-15-5-3-2-4-6-15;9-8(10,11)7-3-6(14-12)2-1-5(7)4-13/h2-8,13H,9-12,14H2,1H3,(H,20,23);1-4H. The molecule has 202 valence electrons. The van der Waals surface area contributed by atoms with Gasteiger partial charge in [0.2, 0.25) is 5.88 Å². The molecule has 0 saturated carbocycles. The third kappa shape index (κ3) is 8.73. The van der Waals surface area contributed by atoms with Crippen molar-refractivity contribution in [1.82, 2.24) is 14.8 Å². The lowest BCUT2D eigenvalue weighted by Gasteiger charge is -2.32. The lowest BCUT2D eigenvalue weighted by molar-refractivity contribution is -0.138. The minimum atomic E-state index is -4.64. The number of likely N-dealkylation sites (N-methyl/N-ethyl adjacent to an activating group) is 1. The first kappa shape index (κ1) is 28.9. The number of ether oxygens (including phenoxy) is 1. The zero-order valence-electron chi connectivity index (χ0n) is 20.5. The van der Waals surface area contributed by atoms with Gasteiger partial charge in [0, 0.05) is 42.7 Å². The van der Waals surface area contributed by atoms with E-state index in [1.54, 1.807) is 18.3 Å². The van der Waals surface area contributed by atoms with Gasteiger partial charge in [-0.3, -0.25) is 4.79 Å². The maximum atomic E-state index is 12.3. The second-order valence-electron chi connectivity index (χ2n) is 8.32. The van der Waals surface area contributed by atoms with Crippen molar-refractivity contribution in [2.45, 2.75) is 17.7 Å². The highest BCUT2D eigenvalue weighted by Gasteiger charge is 2.33. The summed E-state index contributed by atoms with van der Waals surface area (Å²) in [5, 5.41) is 2.88. The van der Waals surface area contributed by atoms with E-state index in [1.807, 2.05) is 35.2 Å². The van der Waals surface area contributed by atoms with Gasteiger partial charge in [-0.05, 0) is 36.9 Å². The molecule has 0 aliphatic carbocycles. The molecule has 7 nitrogen and oxygen atoms in total. The Bertz CT molecular complexity index is 1190. The van der Waals surface area contributed by atoms with Crippen molar-refractivity contribution in [3.8, 4) is 5.88 Å². The second-order valence-corrected chi connectivity index (χ2v) is 8.95. The molecule has 1 fully saturated rings. The number of hydrogen-bond acceptors (Lipinski definition) is 6. The molecular weight excluding hydrogens is 524 g/mol. The summed E-state index contributed by atoms with van der Waals surface area (Å²) >= 11 is -0.298. The van der Waals surface area contributed by atoms with Crippen LogP contribution in [0.3, 0.4) is 0 Å². The highest BCUT2D eigenvalue weighted by Crippen LogP contribution is 2.34. The van der Waals surface area contributed by atoms with E-state index in [9.17, 15) is 26.6 Å². The van der Waals surface area contributed by atoms with Crippen LogP contribution in [0.2, 0.25) is 0 Å². The molecule has 4 rings (SSSR count). The van der Waals surface area contributed by atoms with Crippen molar-refractivity contribution in [2.75, 3.05) is 38.5 Å². The van der Waals surface area contributed by atoms with Gasteiger partial charge in [0.1, 0.15) is 6.61 Å². The number of alkyl halides is 3. The van der Waals surface area contributed by atoms with Crippen molar-refractivity contribution < 1.29 is 31.4 Å². The first-order chi connectivity index (χ1) is 18.2. The fourth-order valence-electron chi connectivity index (χ4n) is 3.41. The summed E-state index contributed by atoms with van der Waals surface area (Å²) in [4.78, 5) is 30.6. The number of halogens is 4. The van der Waals surface area contributed by atoms with Crippen molar-refractivity contribution in [2.24, 2.45) is 0 Å². The molecule has 1 aliphatic heterocycles. The summed E-state index contributed by atoms with van der Waals surface area (Å²) < 4.78 is 54.4. The smallest absolute Gasteiger partial charge is 0.417 e. The molecular formula is C26H26F4N4O3S. The van der Waals surface area contributed by atoms with E-state index < -0.39 is 17.3 Å². The van der Waals surface area contributed by atoms with Gasteiger partial charge in [-0.1, -0.05) is 30.3 Å². The van der Waals surface area contributed by atoms with E-state index in [-0.39, 0.29) is 29.4 Å². The zero-order chi connectivity index (χ0) is 27.5. The van der Waals surface area contributed by atoms with Gasteiger partial charge in [0.15, 0.2) is 6.29 Å². The highest BCUT2D eigenvalue weighted by atomic mass is 32.2. The number of nitrogens with zero attached hydrogens (tertiary/aromatic N) is 3. The first-order valence-electron chi connectivity index (χ1n) is 11.5. The third-order valence-electron chi connectivity index (χ3n) is 5.55. The van der Waals surface area contributed by atoms with Crippen LogP contribution in [-0.4, -0.2) is 60.3 Å². The van der Waals surface area contributed by atoms with Crippen LogP contribution in [0.4, 0.5) is 27.5 Å². The first-order valence-corrected chi connectivity index (χ1v) is 12.2. The van der Waals surface area contributed by atoms with Crippen LogP contribution in [0.5, 0.6) is 5.88 Å². The maximum absolute atomic E-state index is 12.3. The number of rotatable bonds is 6. The van der Waals surface area contributed by atoms with Crippen molar-refractivity contribution in [1.29, 1.82) is 0 Å². The van der Waals surface area contributed by atoms with Gasteiger partial charge in [-0.25, -0.2) is 9.78 Å². The molecule has 1 aromatic heterocycles. The number of benzene rings is 2. The topological polar surface area (TPSA) is 74.8 Å². The lowest BCUT2D eigenvalue weighted by Crippen LogP contribution is -2.48. The van der Waals surface area contributed by atoms with E-state index >= 15 is 0 Å². The largest absolute Gasteiger partial charge is 0.473 e. The number of piperazine rings is 1. The van der Waals surface area contributed by atoms with Crippen molar-refractivity contribution in [3.63, 3.8) is 0 Å². The SMILES string of the molecule is CN1CCN(C(=O)Nc2ccc(OCc3ccccc3)nc2)CC1.O=Cc1ccc(SF)cc1C(F)(F)F. The highest BCUT2D eigenvalue weighted by molar-refractivity contribution is 7.94. The number of urea groups is 1. The molecule has 3 aromatic rings. The number of carbonyl (C=O) groups excluding carboxylic acids is 2. The Morgan fingerprint density at radius 3 is 2.37 bits per heavy atom.